The summed E-state index contributed by atoms with van der Waals surface area (Å²) in [5, 5.41) is 3.27. The maximum atomic E-state index is 12.8. The fourth-order valence-electron chi connectivity index (χ4n) is 2.69. The fraction of sp³-hybridized carbons (Fsp3) is 0.190. The van der Waals surface area contributed by atoms with E-state index in [1.165, 1.54) is 36.8 Å². The minimum atomic E-state index is -4.43. The van der Waals surface area contributed by atoms with Crippen molar-refractivity contribution < 1.29 is 21.6 Å². The lowest BCUT2D eigenvalue weighted by molar-refractivity contribution is -0.137. The van der Waals surface area contributed by atoms with Crippen molar-refractivity contribution in [1.82, 2.24) is 9.97 Å². The minimum absolute atomic E-state index is 0.108. The summed E-state index contributed by atoms with van der Waals surface area (Å²) in [6, 6.07) is 11.3. The van der Waals surface area contributed by atoms with Crippen molar-refractivity contribution in [3.8, 4) is 11.1 Å². The molecular formula is C21H19F3N4O2S. The van der Waals surface area contributed by atoms with E-state index in [-0.39, 0.29) is 16.4 Å². The lowest BCUT2D eigenvalue weighted by atomic mass is 10.1. The number of hydrogen-bond donors (Lipinski definition) is 1. The molecule has 0 spiro atoms. The average Bonchev–Trinajstić information content (AvgIpc) is 2.74. The number of anilines is 1. The second kappa shape index (κ2) is 8.84. The van der Waals surface area contributed by atoms with Crippen LogP contribution in [-0.2, 0) is 16.0 Å². The standard InChI is InChI=1S/C21H19F3N4O2S/c1-14(2)31(29,30)19-9-4-3-8-18(19)16-12-25-20(26-13-16)28-27-11-15-6-5-7-17(10-15)21(22,23)24/h3-14H,1-2H3,(H,25,26,28). The minimum Gasteiger partial charge on any atom is -0.245 e. The first kappa shape index (κ1) is 22.4. The number of sulfone groups is 1. The van der Waals surface area contributed by atoms with Gasteiger partial charge in [-0.3, -0.25) is 0 Å². The maximum Gasteiger partial charge on any atom is 0.416 e. The summed E-state index contributed by atoms with van der Waals surface area (Å²) >= 11 is 0. The van der Waals surface area contributed by atoms with E-state index in [2.05, 4.69) is 20.5 Å². The van der Waals surface area contributed by atoms with E-state index in [0.717, 1.165) is 12.1 Å². The number of nitrogens with zero attached hydrogens (tertiary/aromatic N) is 3. The van der Waals surface area contributed by atoms with Crippen LogP contribution < -0.4 is 5.43 Å². The second-order valence-electron chi connectivity index (χ2n) is 6.88. The van der Waals surface area contributed by atoms with Gasteiger partial charge in [-0.25, -0.2) is 23.8 Å². The molecule has 0 saturated carbocycles. The zero-order valence-electron chi connectivity index (χ0n) is 16.6. The Morgan fingerprint density at radius 3 is 2.35 bits per heavy atom. The molecule has 10 heteroatoms. The summed E-state index contributed by atoms with van der Waals surface area (Å²) in [7, 11) is -3.50. The number of rotatable bonds is 6. The molecule has 1 N–H and O–H groups in total. The molecule has 0 aliphatic heterocycles. The molecule has 3 rings (SSSR count). The highest BCUT2D eigenvalue weighted by atomic mass is 32.2. The third kappa shape index (κ3) is 5.26. The highest BCUT2D eigenvalue weighted by Gasteiger charge is 2.30. The summed E-state index contributed by atoms with van der Waals surface area (Å²) in [6.07, 6.45) is -0.319. The van der Waals surface area contributed by atoms with Gasteiger partial charge in [-0.2, -0.15) is 18.3 Å². The number of benzene rings is 2. The molecule has 0 fully saturated rings. The largest absolute Gasteiger partial charge is 0.416 e. The van der Waals surface area contributed by atoms with E-state index >= 15 is 0 Å². The summed E-state index contributed by atoms with van der Waals surface area (Å²) < 4.78 is 63.5. The van der Waals surface area contributed by atoms with Crippen LogP contribution in [0.2, 0.25) is 0 Å². The number of halogens is 3. The zero-order valence-corrected chi connectivity index (χ0v) is 17.4. The molecule has 3 aromatic rings. The molecule has 0 unspecified atom stereocenters. The molecule has 0 radical (unpaired) electrons. The Labute approximate surface area is 177 Å². The van der Waals surface area contributed by atoms with Crippen LogP contribution >= 0.6 is 0 Å². The highest BCUT2D eigenvalue weighted by Crippen LogP contribution is 2.30. The van der Waals surface area contributed by atoms with Gasteiger partial charge < -0.3 is 0 Å². The first-order chi connectivity index (χ1) is 14.6. The molecule has 0 aliphatic carbocycles. The van der Waals surface area contributed by atoms with Crippen molar-refractivity contribution in [2.45, 2.75) is 30.2 Å². The van der Waals surface area contributed by atoms with E-state index in [0.29, 0.717) is 11.1 Å². The molecule has 0 bridgehead atoms. The van der Waals surface area contributed by atoms with Crippen molar-refractivity contribution in [3.63, 3.8) is 0 Å². The van der Waals surface area contributed by atoms with Gasteiger partial charge in [0.2, 0.25) is 5.95 Å². The third-order valence-corrected chi connectivity index (χ3v) is 6.58. The Kier molecular flexibility index (Phi) is 6.40. The molecule has 0 aliphatic rings. The normalized spacial score (nSPS) is 12.5. The Bertz CT molecular complexity index is 1190. The van der Waals surface area contributed by atoms with E-state index in [1.54, 1.807) is 32.0 Å². The van der Waals surface area contributed by atoms with E-state index in [9.17, 15) is 21.6 Å². The van der Waals surface area contributed by atoms with Crippen molar-refractivity contribution >= 4 is 22.0 Å². The van der Waals surface area contributed by atoms with Gasteiger partial charge in [0.15, 0.2) is 9.84 Å². The molecule has 31 heavy (non-hydrogen) atoms. The monoisotopic (exact) mass is 448 g/mol. The Morgan fingerprint density at radius 2 is 1.71 bits per heavy atom. The number of nitrogens with one attached hydrogen (secondary N) is 1. The molecule has 0 saturated heterocycles. The third-order valence-electron chi connectivity index (χ3n) is 4.37. The van der Waals surface area contributed by atoms with Gasteiger partial charge in [0.25, 0.3) is 0 Å². The molecule has 6 nitrogen and oxygen atoms in total. The van der Waals surface area contributed by atoms with Gasteiger partial charge in [-0.05, 0) is 37.6 Å². The van der Waals surface area contributed by atoms with Gasteiger partial charge >= 0.3 is 6.18 Å². The number of aromatic nitrogens is 2. The van der Waals surface area contributed by atoms with Gasteiger partial charge in [-0.15, -0.1) is 0 Å². The van der Waals surface area contributed by atoms with Crippen LogP contribution in [0.5, 0.6) is 0 Å². The SMILES string of the molecule is CC(C)S(=O)(=O)c1ccccc1-c1cnc(NN=Cc2cccc(C(F)(F)F)c2)nc1. The lowest BCUT2D eigenvalue weighted by Gasteiger charge is -2.12. The van der Waals surface area contributed by atoms with E-state index in [4.69, 9.17) is 0 Å². The lowest BCUT2D eigenvalue weighted by Crippen LogP contribution is -2.15. The first-order valence-electron chi connectivity index (χ1n) is 9.20. The fourth-order valence-corrected chi connectivity index (χ4v) is 3.96. The molecule has 1 aromatic heterocycles. The molecule has 0 atom stereocenters. The van der Waals surface area contributed by atoms with E-state index < -0.39 is 26.8 Å². The van der Waals surface area contributed by atoms with Gasteiger partial charge in [0, 0.05) is 23.5 Å². The van der Waals surface area contributed by atoms with Crippen molar-refractivity contribution in [3.05, 3.63) is 72.1 Å². The van der Waals surface area contributed by atoms with Gasteiger partial charge in [-0.1, -0.05) is 30.3 Å². The van der Waals surface area contributed by atoms with Crippen molar-refractivity contribution in [2.75, 3.05) is 5.43 Å². The van der Waals surface area contributed by atoms with Gasteiger partial charge in [0.05, 0.1) is 21.9 Å². The predicted octanol–water partition coefficient (Wildman–Crippen LogP) is 4.79. The molecule has 1 heterocycles. The summed E-state index contributed by atoms with van der Waals surface area (Å²) in [5.74, 6) is 0.108. The molecular weight excluding hydrogens is 429 g/mol. The van der Waals surface area contributed by atoms with Crippen LogP contribution in [0.25, 0.3) is 11.1 Å². The Hall–Kier alpha value is -3.27. The van der Waals surface area contributed by atoms with Crippen LogP contribution in [0, 0.1) is 0 Å². The van der Waals surface area contributed by atoms with E-state index in [1.807, 2.05) is 0 Å². The first-order valence-corrected chi connectivity index (χ1v) is 10.8. The number of alkyl halides is 3. The Balaban J connectivity index is 1.78. The van der Waals surface area contributed by atoms with Crippen molar-refractivity contribution in [2.24, 2.45) is 5.10 Å². The number of hydrogen-bond acceptors (Lipinski definition) is 6. The number of hydrazone groups is 1. The quantitative estimate of drug-likeness (QED) is 0.433. The zero-order chi connectivity index (χ0) is 22.6. The van der Waals surface area contributed by atoms with Gasteiger partial charge in [0.1, 0.15) is 0 Å². The highest BCUT2D eigenvalue weighted by molar-refractivity contribution is 7.92. The Morgan fingerprint density at radius 1 is 1.03 bits per heavy atom. The maximum absolute atomic E-state index is 12.8. The van der Waals surface area contributed by atoms with Crippen LogP contribution in [-0.4, -0.2) is 29.9 Å². The topological polar surface area (TPSA) is 84.3 Å². The summed E-state index contributed by atoms with van der Waals surface area (Å²) in [4.78, 5) is 8.39. The average molecular weight is 448 g/mol. The molecule has 162 valence electrons. The summed E-state index contributed by atoms with van der Waals surface area (Å²) in [5.41, 5.74) is 3.01. The smallest absolute Gasteiger partial charge is 0.245 e. The van der Waals surface area contributed by atoms with Crippen LogP contribution in [0.3, 0.4) is 0 Å². The summed E-state index contributed by atoms with van der Waals surface area (Å²) in [6.45, 7) is 3.22. The second-order valence-corrected chi connectivity index (χ2v) is 9.35. The van der Waals surface area contributed by atoms with Crippen LogP contribution in [0.15, 0.2) is 70.9 Å². The van der Waals surface area contributed by atoms with Crippen LogP contribution in [0.4, 0.5) is 19.1 Å². The molecule has 2 aromatic carbocycles. The van der Waals surface area contributed by atoms with Crippen LogP contribution in [0.1, 0.15) is 25.0 Å². The predicted molar refractivity (Wildman–Crippen MR) is 112 cm³/mol. The molecule has 0 amide bonds. The van der Waals surface area contributed by atoms with Crippen molar-refractivity contribution in [1.29, 1.82) is 0 Å².